The molecule has 4 heteroatoms. The van der Waals surface area contributed by atoms with Crippen molar-refractivity contribution in [2.45, 2.75) is 32.4 Å². The summed E-state index contributed by atoms with van der Waals surface area (Å²) in [5, 5.41) is 3.35. The molecule has 0 saturated carbocycles. The maximum atomic E-state index is 13.0. The first-order valence-electron chi connectivity index (χ1n) is 8.03. The van der Waals surface area contributed by atoms with Crippen molar-refractivity contribution < 1.29 is 4.39 Å². The van der Waals surface area contributed by atoms with Gasteiger partial charge < -0.3 is 10.2 Å². The van der Waals surface area contributed by atoms with E-state index in [0.29, 0.717) is 12.1 Å². The number of rotatable bonds is 6. The van der Waals surface area contributed by atoms with Gasteiger partial charge in [-0.05, 0) is 44.6 Å². The van der Waals surface area contributed by atoms with Crippen molar-refractivity contribution in [3.05, 3.63) is 35.6 Å². The van der Waals surface area contributed by atoms with Gasteiger partial charge >= 0.3 is 0 Å². The molecule has 2 unspecified atom stereocenters. The van der Waals surface area contributed by atoms with Crippen LogP contribution in [0.4, 0.5) is 4.39 Å². The highest BCUT2D eigenvalue weighted by atomic mass is 19.1. The Balaban J connectivity index is 1.85. The molecule has 0 spiro atoms. The molecule has 2 rings (SSSR count). The molecule has 1 saturated heterocycles. The van der Waals surface area contributed by atoms with E-state index in [1.54, 1.807) is 12.1 Å². The molecular weight excluding hydrogens is 265 g/mol. The van der Waals surface area contributed by atoms with Gasteiger partial charge in [0.25, 0.3) is 0 Å². The van der Waals surface area contributed by atoms with Crippen molar-refractivity contribution in [3.63, 3.8) is 0 Å². The first-order valence-corrected chi connectivity index (χ1v) is 8.03. The number of nitrogens with zero attached hydrogens (tertiary/aromatic N) is 2. The molecule has 0 bridgehead atoms. The fraction of sp³-hybridized carbons (Fsp3) is 0.647. The topological polar surface area (TPSA) is 18.5 Å². The van der Waals surface area contributed by atoms with Gasteiger partial charge in [-0.15, -0.1) is 0 Å². The molecule has 3 nitrogen and oxygen atoms in total. The van der Waals surface area contributed by atoms with Gasteiger partial charge in [0.05, 0.1) is 0 Å². The predicted octanol–water partition coefficient (Wildman–Crippen LogP) is 2.50. The largest absolute Gasteiger partial charge is 0.313 e. The molecule has 21 heavy (non-hydrogen) atoms. The Hall–Kier alpha value is -0.970. The minimum Gasteiger partial charge on any atom is -0.313 e. The maximum absolute atomic E-state index is 13.0. The van der Waals surface area contributed by atoms with Gasteiger partial charge in [-0.1, -0.05) is 19.1 Å². The molecule has 0 aromatic heterocycles. The van der Waals surface area contributed by atoms with Gasteiger partial charge in [0.15, 0.2) is 0 Å². The summed E-state index contributed by atoms with van der Waals surface area (Å²) in [5.41, 5.74) is 1.17. The van der Waals surface area contributed by atoms with Crippen LogP contribution < -0.4 is 5.32 Å². The highest BCUT2D eigenvalue weighted by Gasteiger charge is 2.22. The molecule has 1 N–H and O–H groups in total. The van der Waals surface area contributed by atoms with E-state index < -0.39 is 0 Å². The number of halogens is 1. The average Bonchev–Trinajstić information content (AvgIpc) is 2.49. The van der Waals surface area contributed by atoms with Crippen LogP contribution in [0.1, 0.15) is 31.9 Å². The minimum absolute atomic E-state index is 0.168. The summed E-state index contributed by atoms with van der Waals surface area (Å²) >= 11 is 0. The van der Waals surface area contributed by atoms with Gasteiger partial charge in [-0.3, -0.25) is 4.90 Å². The molecule has 1 fully saturated rings. The molecule has 1 aromatic carbocycles. The van der Waals surface area contributed by atoms with Gasteiger partial charge in [-0.2, -0.15) is 0 Å². The average molecular weight is 293 g/mol. The van der Waals surface area contributed by atoms with Crippen LogP contribution in [0.5, 0.6) is 0 Å². The SMILES string of the molecule is CCN1CCN(CCC(NC)c2ccc(F)cc2)CC1C. The van der Waals surface area contributed by atoms with E-state index >= 15 is 0 Å². The summed E-state index contributed by atoms with van der Waals surface area (Å²) in [4.78, 5) is 5.08. The van der Waals surface area contributed by atoms with E-state index in [0.717, 1.165) is 32.6 Å². The number of likely N-dealkylation sites (N-methyl/N-ethyl adjacent to an activating group) is 1. The van der Waals surface area contributed by atoms with E-state index in [1.807, 2.05) is 19.2 Å². The monoisotopic (exact) mass is 293 g/mol. The third-order valence-corrected chi connectivity index (χ3v) is 4.61. The van der Waals surface area contributed by atoms with E-state index in [4.69, 9.17) is 0 Å². The standard InChI is InChI=1S/C17H28FN3/c1-4-21-12-11-20(13-14(21)2)10-9-17(19-3)15-5-7-16(18)8-6-15/h5-8,14,17,19H,4,9-13H2,1-3H3. The normalized spacial score (nSPS) is 22.4. The second-order valence-electron chi connectivity index (χ2n) is 5.96. The van der Waals surface area contributed by atoms with Crippen LogP contribution >= 0.6 is 0 Å². The summed E-state index contributed by atoms with van der Waals surface area (Å²) < 4.78 is 13.0. The lowest BCUT2D eigenvalue weighted by molar-refractivity contribution is 0.0854. The zero-order valence-corrected chi connectivity index (χ0v) is 13.5. The number of nitrogens with one attached hydrogen (secondary N) is 1. The number of piperazine rings is 1. The number of benzene rings is 1. The lowest BCUT2D eigenvalue weighted by Gasteiger charge is -2.39. The molecule has 0 radical (unpaired) electrons. The van der Waals surface area contributed by atoms with Crippen molar-refractivity contribution in [3.8, 4) is 0 Å². The molecular formula is C17H28FN3. The van der Waals surface area contributed by atoms with Crippen LogP contribution in [0.15, 0.2) is 24.3 Å². The van der Waals surface area contributed by atoms with Gasteiger partial charge in [-0.25, -0.2) is 4.39 Å². The van der Waals surface area contributed by atoms with Gasteiger partial charge in [0.1, 0.15) is 5.82 Å². The van der Waals surface area contributed by atoms with Crippen LogP contribution in [0.2, 0.25) is 0 Å². The van der Waals surface area contributed by atoms with Crippen molar-refractivity contribution in [2.24, 2.45) is 0 Å². The fourth-order valence-electron chi connectivity index (χ4n) is 3.23. The van der Waals surface area contributed by atoms with E-state index in [-0.39, 0.29) is 5.82 Å². The minimum atomic E-state index is -0.168. The molecule has 1 aliphatic heterocycles. The van der Waals surface area contributed by atoms with Crippen molar-refractivity contribution >= 4 is 0 Å². The Morgan fingerprint density at radius 3 is 2.57 bits per heavy atom. The molecule has 118 valence electrons. The predicted molar refractivity (Wildman–Crippen MR) is 86.0 cm³/mol. The first kappa shape index (κ1) is 16.4. The smallest absolute Gasteiger partial charge is 0.123 e. The number of hydrogen-bond donors (Lipinski definition) is 1. The Labute approximate surface area is 128 Å². The van der Waals surface area contributed by atoms with E-state index in [9.17, 15) is 4.39 Å². The van der Waals surface area contributed by atoms with E-state index in [2.05, 4.69) is 29.0 Å². The van der Waals surface area contributed by atoms with Crippen molar-refractivity contribution in [1.29, 1.82) is 0 Å². The molecule has 2 atom stereocenters. The molecule has 0 amide bonds. The lowest BCUT2D eigenvalue weighted by atomic mass is 10.0. The lowest BCUT2D eigenvalue weighted by Crippen LogP contribution is -2.51. The quantitative estimate of drug-likeness (QED) is 0.869. The Bertz CT molecular complexity index is 421. The van der Waals surface area contributed by atoms with Gasteiger partial charge in [0.2, 0.25) is 0 Å². The second kappa shape index (κ2) is 7.87. The summed E-state index contributed by atoms with van der Waals surface area (Å²) in [5.74, 6) is -0.168. The second-order valence-corrected chi connectivity index (χ2v) is 5.96. The summed E-state index contributed by atoms with van der Waals surface area (Å²) in [6, 6.07) is 7.79. The third kappa shape index (κ3) is 4.50. The summed E-state index contributed by atoms with van der Waals surface area (Å²) in [6.07, 6.45) is 1.06. The van der Waals surface area contributed by atoms with Crippen LogP contribution in [0.25, 0.3) is 0 Å². The molecule has 1 aromatic rings. The van der Waals surface area contributed by atoms with E-state index in [1.165, 1.54) is 12.1 Å². The fourth-order valence-corrected chi connectivity index (χ4v) is 3.23. The third-order valence-electron chi connectivity index (χ3n) is 4.61. The molecule has 0 aliphatic carbocycles. The zero-order valence-electron chi connectivity index (χ0n) is 13.5. The highest BCUT2D eigenvalue weighted by molar-refractivity contribution is 5.19. The highest BCUT2D eigenvalue weighted by Crippen LogP contribution is 2.18. The van der Waals surface area contributed by atoms with Crippen LogP contribution in [-0.4, -0.2) is 55.6 Å². The molecule has 1 heterocycles. The Morgan fingerprint density at radius 1 is 1.29 bits per heavy atom. The summed E-state index contributed by atoms with van der Waals surface area (Å²) in [6.45, 7) is 10.2. The van der Waals surface area contributed by atoms with Crippen molar-refractivity contribution in [2.75, 3.05) is 39.8 Å². The van der Waals surface area contributed by atoms with Crippen molar-refractivity contribution in [1.82, 2.24) is 15.1 Å². The first-order chi connectivity index (χ1) is 10.1. The summed E-state index contributed by atoms with van der Waals surface area (Å²) in [7, 11) is 1.98. The van der Waals surface area contributed by atoms with Crippen LogP contribution in [0, 0.1) is 5.82 Å². The van der Waals surface area contributed by atoms with Gasteiger partial charge in [0, 0.05) is 38.3 Å². The Kier molecular flexibility index (Phi) is 6.15. The molecule has 1 aliphatic rings. The number of hydrogen-bond acceptors (Lipinski definition) is 3. The van der Waals surface area contributed by atoms with Crippen LogP contribution in [0.3, 0.4) is 0 Å². The Morgan fingerprint density at radius 2 is 2.00 bits per heavy atom. The maximum Gasteiger partial charge on any atom is 0.123 e. The zero-order chi connectivity index (χ0) is 15.2. The van der Waals surface area contributed by atoms with Crippen LogP contribution in [-0.2, 0) is 0 Å².